The van der Waals surface area contributed by atoms with Crippen LogP contribution in [0.4, 0.5) is 0 Å². The lowest BCUT2D eigenvalue weighted by Crippen LogP contribution is -2.41. The quantitative estimate of drug-likeness (QED) is 0.840. The van der Waals surface area contributed by atoms with Gasteiger partial charge in [0.25, 0.3) is 0 Å². The van der Waals surface area contributed by atoms with Crippen LogP contribution in [0.1, 0.15) is 32.6 Å². The summed E-state index contributed by atoms with van der Waals surface area (Å²) in [6, 6.07) is 11.4. The highest BCUT2D eigenvalue weighted by Crippen LogP contribution is 2.15. The summed E-state index contributed by atoms with van der Waals surface area (Å²) < 4.78 is 5.70. The first-order valence-corrected chi connectivity index (χ1v) is 6.28. The van der Waals surface area contributed by atoms with Gasteiger partial charge in [0.2, 0.25) is 0 Å². The van der Waals surface area contributed by atoms with E-state index in [1.54, 1.807) is 0 Å². The lowest BCUT2D eigenvalue weighted by atomic mass is 9.98. The average molecular weight is 219 g/mol. The largest absolute Gasteiger partial charge is 0.494 e. The molecular weight excluding hydrogens is 198 g/mol. The van der Waals surface area contributed by atoms with Gasteiger partial charge < -0.3 is 10.1 Å². The van der Waals surface area contributed by atoms with Crippen molar-refractivity contribution in [2.75, 3.05) is 6.61 Å². The molecule has 0 aliphatic carbocycles. The number of benzene rings is 1. The Balaban J connectivity index is 1.68. The van der Waals surface area contributed by atoms with Crippen LogP contribution < -0.4 is 10.1 Å². The number of hydrogen-bond acceptors (Lipinski definition) is 2. The highest BCUT2D eigenvalue weighted by atomic mass is 16.5. The lowest BCUT2D eigenvalue weighted by molar-refractivity contribution is 0.250. The van der Waals surface area contributed by atoms with E-state index in [1.807, 2.05) is 30.3 Å². The molecule has 1 aromatic carbocycles. The maximum Gasteiger partial charge on any atom is 0.119 e. The van der Waals surface area contributed by atoms with E-state index in [-0.39, 0.29) is 0 Å². The van der Waals surface area contributed by atoms with Gasteiger partial charge in [0, 0.05) is 12.1 Å². The fraction of sp³-hybridized carbons (Fsp3) is 0.571. The average Bonchev–Trinajstić information content (AvgIpc) is 2.30. The smallest absolute Gasteiger partial charge is 0.119 e. The number of nitrogens with one attached hydrogen (secondary N) is 1. The Morgan fingerprint density at radius 2 is 2.06 bits per heavy atom. The predicted octanol–water partition coefficient (Wildman–Crippen LogP) is 2.99. The molecule has 2 heteroatoms. The van der Waals surface area contributed by atoms with Gasteiger partial charge in [0.15, 0.2) is 0 Å². The van der Waals surface area contributed by atoms with E-state index < -0.39 is 0 Å². The van der Waals surface area contributed by atoms with Crippen molar-refractivity contribution in [2.45, 2.75) is 44.7 Å². The fourth-order valence-corrected chi connectivity index (χ4v) is 2.30. The van der Waals surface area contributed by atoms with Gasteiger partial charge in [-0.15, -0.1) is 0 Å². The molecule has 2 rings (SSSR count). The second-order valence-electron chi connectivity index (χ2n) is 4.65. The molecule has 1 N–H and O–H groups in total. The van der Waals surface area contributed by atoms with Crippen molar-refractivity contribution in [1.29, 1.82) is 0 Å². The first kappa shape index (κ1) is 11.5. The van der Waals surface area contributed by atoms with Crippen LogP contribution in [0.5, 0.6) is 5.75 Å². The summed E-state index contributed by atoms with van der Waals surface area (Å²) in [4.78, 5) is 0. The van der Waals surface area contributed by atoms with Crippen LogP contribution in [0, 0.1) is 0 Å². The number of hydrogen-bond donors (Lipinski definition) is 1. The molecular formula is C14H21NO. The molecule has 1 aromatic rings. The number of para-hydroxylation sites is 1. The highest BCUT2D eigenvalue weighted by Gasteiger charge is 2.17. The van der Waals surface area contributed by atoms with E-state index in [4.69, 9.17) is 4.74 Å². The zero-order valence-electron chi connectivity index (χ0n) is 9.99. The summed E-state index contributed by atoms with van der Waals surface area (Å²) in [6.07, 6.45) is 5.07. The van der Waals surface area contributed by atoms with Gasteiger partial charge in [0.1, 0.15) is 5.75 Å². The van der Waals surface area contributed by atoms with Crippen LogP contribution >= 0.6 is 0 Å². The lowest BCUT2D eigenvalue weighted by Gasteiger charge is -2.28. The predicted molar refractivity (Wildman–Crippen MR) is 66.8 cm³/mol. The molecule has 1 heterocycles. The third-order valence-electron chi connectivity index (χ3n) is 3.19. The van der Waals surface area contributed by atoms with Crippen molar-refractivity contribution in [1.82, 2.24) is 5.32 Å². The van der Waals surface area contributed by atoms with Crippen molar-refractivity contribution < 1.29 is 4.74 Å². The Bertz CT molecular complexity index is 299. The molecule has 16 heavy (non-hydrogen) atoms. The molecule has 1 aliphatic rings. The fourth-order valence-electron chi connectivity index (χ4n) is 2.30. The molecule has 0 radical (unpaired) electrons. The van der Waals surface area contributed by atoms with Crippen LogP contribution in [0.25, 0.3) is 0 Å². The summed E-state index contributed by atoms with van der Waals surface area (Å²) in [6.45, 7) is 3.08. The van der Waals surface area contributed by atoms with Crippen LogP contribution in [0.2, 0.25) is 0 Å². The van der Waals surface area contributed by atoms with E-state index in [2.05, 4.69) is 12.2 Å². The Hall–Kier alpha value is -1.02. The monoisotopic (exact) mass is 219 g/mol. The normalized spacial score (nSPS) is 25.3. The molecule has 1 fully saturated rings. The van der Waals surface area contributed by atoms with E-state index in [9.17, 15) is 0 Å². The van der Waals surface area contributed by atoms with E-state index in [1.165, 1.54) is 19.3 Å². The minimum Gasteiger partial charge on any atom is -0.494 e. The number of rotatable bonds is 4. The van der Waals surface area contributed by atoms with Crippen molar-refractivity contribution in [3.63, 3.8) is 0 Å². The molecule has 0 bridgehead atoms. The van der Waals surface area contributed by atoms with Crippen molar-refractivity contribution in [3.05, 3.63) is 30.3 Å². The van der Waals surface area contributed by atoms with Gasteiger partial charge in [-0.2, -0.15) is 0 Å². The third kappa shape index (κ3) is 3.53. The summed E-state index contributed by atoms with van der Waals surface area (Å²) in [5.41, 5.74) is 0. The van der Waals surface area contributed by atoms with Gasteiger partial charge >= 0.3 is 0 Å². The first-order chi connectivity index (χ1) is 7.84. The van der Waals surface area contributed by atoms with Gasteiger partial charge in [-0.05, 0) is 38.3 Å². The maximum atomic E-state index is 5.70. The molecule has 2 nitrogen and oxygen atoms in total. The Kier molecular flexibility index (Phi) is 4.23. The van der Waals surface area contributed by atoms with Gasteiger partial charge in [-0.25, -0.2) is 0 Å². The summed E-state index contributed by atoms with van der Waals surface area (Å²) >= 11 is 0. The van der Waals surface area contributed by atoms with Crippen molar-refractivity contribution in [2.24, 2.45) is 0 Å². The second kappa shape index (κ2) is 5.90. The van der Waals surface area contributed by atoms with Crippen molar-refractivity contribution in [3.8, 4) is 5.75 Å². The molecule has 1 saturated heterocycles. The Labute approximate surface area is 98.0 Å². The zero-order chi connectivity index (χ0) is 11.2. The summed E-state index contributed by atoms with van der Waals surface area (Å²) in [7, 11) is 0. The van der Waals surface area contributed by atoms with E-state index in [0.717, 1.165) is 18.8 Å². The van der Waals surface area contributed by atoms with Crippen molar-refractivity contribution >= 4 is 0 Å². The van der Waals surface area contributed by atoms with Crippen LogP contribution in [-0.2, 0) is 0 Å². The van der Waals surface area contributed by atoms with Gasteiger partial charge in [-0.3, -0.25) is 0 Å². The van der Waals surface area contributed by atoms with Crippen LogP contribution in [0.15, 0.2) is 30.3 Å². The molecule has 2 unspecified atom stereocenters. The van der Waals surface area contributed by atoms with E-state index in [0.29, 0.717) is 12.1 Å². The first-order valence-electron chi connectivity index (χ1n) is 6.28. The molecule has 1 aliphatic heterocycles. The minimum absolute atomic E-state index is 0.646. The molecule has 0 saturated carbocycles. The SMILES string of the molecule is CC1CCCC(CCOc2ccccc2)N1. The second-order valence-corrected chi connectivity index (χ2v) is 4.65. The number of ether oxygens (including phenoxy) is 1. The topological polar surface area (TPSA) is 21.3 Å². The molecule has 2 atom stereocenters. The molecule has 88 valence electrons. The van der Waals surface area contributed by atoms with Gasteiger partial charge in [-0.1, -0.05) is 24.6 Å². The van der Waals surface area contributed by atoms with Crippen LogP contribution in [0.3, 0.4) is 0 Å². The molecule has 0 amide bonds. The Morgan fingerprint density at radius 1 is 1.25 bits per heavy atom. The third-order valence-corrected chi connectivity index (χ3v) is 3.19. The Morgan fingerprint density at radius 3 is 2.81 bits per heavy atom. The number of piperidine rings is 1. The molecule has 0 aromatic heterocycles. The maximum absolute atomic E-state index is 5.70. The summed E-state index contributed by atoms with van der Waals surface area (Å²) in [5, 5.41) is 3.62. The standard InChI is InChI=1S/C14H21NO/c1-12-6-5-7-13(15-12)10-11-16-14-8-3-2-4-9-14/h2-4,8-9,12-13,15H,5-7,10-11H2,1H3. The van der Waals surface area contributed by atoms with E-state index >= 15 is 0 Å². The van der Waals surface area contributed by atoms with Crippen LogP contribution in [-0.4, -0.2) is 18.7 Å². The molecule has 0 spiro atoms. The minimum atomic E-state index is 0.646. The van der Waals surface area contributed by atoms with Gasteiger partial charge in [0.05, 0.1) is 6.61 Å². The zero-order valence-corrected chi connectivity index (χ0v) is 9.99. The summed E-state index contributed by atoms with van der Waals surface area (Å²) in [5.74, 6) is 0.978. The highest BCUT2D eigenvalue weighted by molar-refractivity contribution is 5.20.